The minimum atomic E-state index is 0.224. The van der Waals surface area contributed by atoms with Crippen molar-refractivity contribution in [3.05, 3.63) is 18.1 Å². The van der Waals surface area contributed by atoms with Crippen LogP contribution in [0.15, 0.2) is 12.4 Å². The maximum atomic E-state index is 5.12. The van der Waals surface area contributed by atoms with Gasteiger partial charge in [0.25, 0.3) is 0 Å². The summed E-state index contributed by atoms with van der Waals surface area (Å²) in [6.07, 6.45) is 4.16. The summed E-state index contributed by atoms with van der Waals surface area (Å²) in [5.74, 6) is 0. The van der Waals surface area contributed by atoms with Crippen molar-refractivity contribution < 1.29 is 4.74 Å². The average Bonchev–Trinajstić information content (AvgIpc) is 2.77. The first-order valence-electron chi connectivity index (χ1n) is 5.02. The zero-order valence-corrected chi connectivity index (χ0v) is 9.29. The Morgan fingerprint density at radius 1 is 1.50 bits per heavy atom. The standard InChI is InChI=1S/C9H14N6O/c1-10-7(6-16-2)3-8-4-11-5-9-12-13-14-15(8)9/h4-5,7,10H,3,6H2,1-2H3. The zero-order chi connectivity index (χ0) is 11.4. The predicted octanol–water partition coefficient (Wildman–Crippen LogP) is -0.704. The molecular formula is C9H14N6O. The normalized spacial score (nSPS) is 13.1. The number of rotatable bonds is 5. The van der Waals surface area contributed by atoms with Gasteiger partial charge in [-0.15, -0.1) is 5.10 Å². The highest BCUT2D eigenvalue weighted by molar-refractivity contribution is 5.32. The second-order valence-corrected chi connectivity index (χ2v) is 3.49. The van der Waals surface area contributed by atoms with Crippen molar-refractivity contribution in [1.82, 2.24) is 30.3 Å². The van der Waals surface area contributed by atoms with E-state index in [4.69, 9.17) is 4.74 Å². The van der Waals surface area contributed by atoms with E-state index in [2.05, 4.69) is 25.8 Å². The summed E-state index contributed by atoms with van der Waals surface area (Å²) < 4.78 is 6.80. The van der Waals surface area contributed by atoms with Gasteiger partial charge in [0, 0.05) is 25.8 Å². The maximum absolute atomic E-state index is 5.12. The van der Waals surface area contributed by atoms with Gasteiger partial charge in [-0.1, -0.05) is 0 Å². The van der Waals surface area contributed by atoms with Crippen LogP contribution in [-0.4, -0.2) is 51.8 Å². The molecule has 16 heavy (non-hydrogen) atoms. The Balaban J connectivity index is 2.22. The Kier molecular flexibility index (Phi) is 3.37. The number of ether oxygens (including phenoxy) is 1. The number of nitrogens with zero attached hydrogens (tertiary/aromatic N) is 5. The molecule has 2 heterocycles. The smallest absolute Gasteiger partial charge is 0.197 e. The van der Waals surface area contributed by atoms with Crippen molar-refractivity contribution in [2.75, 3.05) is 20.8 Å². The summed E-state index contributed by atoms with van der Waals surface area (Å²) in [6, 6.07) is 0.224. The summed E-state index contributed by atoms with van der Waals surface area (Å²) in [5, 5.41) is 14.5. The van der Waals surface area contributed by atoms with Crippen molar-refractivity contribution in [3.8, 4) is 0 Å². The van der Waals surface area contributed by atoms with E-state index in [1.165, 1.54) is 0 Å². The highest BCUT2D eigenvalue weighted by Crippen LogP contribution is 2.03. The quantitative estimate of drug-likeness (QED) is 0.720. The highest BCUT2D eigenvalue weighted by atomic mass is 16.5. The topological polar surface area (TPSA) is 77.2 Å². The van der Waals surface area contributed by atoms with Crippen LogP contribution in [0.1, 0.15) is 5.69 Å². The Morgan fingerprint density at radius 2 is 2.38 bits per heavy atom. The fraction of sp³-hybridized carbons (Fsp3) is 0.556. The van der Waals surface area contributed by atoms with E-state index in [0.29, 0.717) is 12.3 Å². The minimum Gasteiger partial charge on any atom is -0.383 e. The number of hydrogen-bond donors (Lipinski definition) is 1. The van der Waals surface area contributed by atoms with E-state index in [1.807, 2.05) is 7.05 Å². The van der Waals surface area contributed by atoms with Gasteiger partial charge >= 0.3 is 0 Å². The van der Waals surface area contributed by atoms with Gasteiger partial charge in [-0.3, -0.25) is 4.98 Å². The molecule has 0 amide bonds. The molecule has 0 aromatic carbocycles. The van der Waals surface area contributed by atoms with Crippen molar-refractivity contribution in [3.63, 3.8) is 0 Å². The maximum Gasteiger partial charge on any atom is 0.197 e. The van der Waals surface area contributed by atoms with E-state index in [1.54, 1.807) is 24.0 Å². The van der Waals surface area contributed by atoms with E-state index in [-0.39, 0.29) is 6.04 Å². The molecule has 0 saturated heterocycles. The van der Waals surface area contributed by atoms with E-state index in [0.717, 1.165) is 12.1 Å². The highest BCUT2D eigenvalue weighted by Gasteiger charge is 2.11. The Morgan fingerprint density at radius 3 is 3.12 bits per heavy atom. The van der Waals surface area contributed by atoms with Crippen LogP contribution in [-0.2, 0) is 11.2 Å². The lowest BCUT2D eigenvalue weighted by atomic mass is 10.2. The van der Waals surface area contributed by atoms with Crippen molar-refractivity contribution in [2.45, 2.75) is 12.5 Å². The summed E-state index contributed by atoms with van der Waals surface area (Å²) in [5.41, 5.74) is 1.61. The van der Waals surface area contributed by atoms with Crippen molar-refractivity contribution in [1.29, 1.82) is 0 Å². The predicted molar refractivity (Wildman–Crippen MR) is 57.0 cm³/mol. The van der Waals surface area contributed by atoms with Gasteiger partial charge in [-0.2, -0.15) is 4.52 Å². The third-order valence-electron chi connectivity index (χ3n) is 2.41. The van der Waals surface area contributed by atoms with Gasteiger partial charge in [-0.05, 0) is 17.5 Å². The Bertz CT molecular complexity index is 456. The van der Waals surface area contributed by atoms with Gasteiger partial charge in [0.05, 0.1) is 18.5 Å². The van der Waals surface area contributed by atoms with Crippen LogP contribution < -0.4 is 5.32 Å². The molecule has 0 bridgehead atoms. The second kappa shape index (κ2) is 4.95. The average molecular weight is 222 g/mol. The first kappa shape index (κ1) is 10.9. The molecule has 1 unspecified atom stereocenters. The van der Waals surface area contributed by atoms with Crippen LogP contribution in [0.2, 0.25) is 0 Å². The second-order valence-electron chi connectivity index (χ2n) is 3.49. The SMILES string of the molecule is CNC(COC)Cc1cncc2nnnn12. The third-order valence-corrected chi connectivity index (χ3v) is 2.41. The molecule has 7 nitrogen and oxygen atoms in total. The molecule has 2 rings (SSSR count). The lowest BCUT2D eigenvalue weighted by Gasteiger charge is -2.14. The molecule has 2 aromatic heterocycles. The van der Waals surface area contributed by atoms with Gasteiger partial charge in [0.1, 0.15) is 0 Å². The molecule has 0 fully saturated rings. The summed E-state index contributed by atoms with van der Waals surface area (Å²) in [6.45, 7) is 0.634. The van der Waals surface area contributed by atoms with E-state index >= 15 is 0 Å². The first-order chi connectivity index (χ1) is 7.85. The number of likely N-dealkylation sites (N-methyl/N-ethyl adjacent to an activating group) is 1. The molecule has 1 atom stereocenters. The number of aromatic nitrogens is 5. The van der Waals surface area contributed by atoms with E-state index < -0.39 is 0 Å². The van der Waals surface area contributed by atoms with Gasteiger partial charge < -0.3 is 10.1 Å². The summed E-state index contributed by atoms with van der Waals surface area (Å²) in [7, 11) is 3.58. The van der Waals surface area contributed by atoms with Crippen LogP contribution in [0, 0.1) is 0 Å². The molecule has 86 valence electrons. The van der Waals surface area contributed by atoms with Gasteiger partial charge in [0.2, 0.25) is 0 Å². The van der Waals surface area contributed by atoms with Crippen LogP contribution in [0.5, 0.6) is 0 Å². The molecule has 0 saturated carbocycles. The largest absolute Gasteiger partial charge is 0.383 e. The lowest BCUT2D eigenvalue weighted by Crippen LogP contribution is -2.32. The zero-order valence-electron chi connectivity index (χ0n) is 9.29. The minimum absolute atomic E-state index is 0.224. The lowest BCUT2D eigenvalue weighted by molar-refractivity contribution is 0.168. The molecule has 2 aromatic rings. The van der Waals surface area contributed by atoms with Crippen LogP contribution in [0.3, 0.4) is 0 Å². The van der Waals surface area contributed by atoms with Gasteiger partial charge in [0.15, 0.2) is 5.65 Å². The Labute approximate surface area is 92.8 Å². The Hall–Kier alpha value is -1.60. The molecule has 0 aliphatic carbocycles. The summed E-state index contributed by atoms with van der Waals surface area (Å²) >= 11 is 0. The molecule has 0 aliphatic rings. The molecule has 0 spiro atoms. The number of nitrogens with one attached hydrogen (secondary N) is 1. The summed E-state index contributed by atoms with van der Waals surface area (Å²) in [4.78, 5) is 4.10. The number of methoxy groups -OCH3 is 1. The molecule has 1 N–H and O–H groups in total. The van der Waals surface area contributed by atoms with Crippen molar-refractivity contribution in [2.24, 2.45) is 0 Å². The third kappa shape index (κ3) is 2.15. The van der Waals surface area contributed by atoms with Crippen LogP contribution in [0.4, 0.5) is 0 Å². The molecular weight excluding hydrogens is 208 g/mol. The molecule has 0 radical (unpaired) electrons. The first-order valence-corrected chi connectivity index (χ1v) is 5.02. The fourth-order valence-electron chi connectivity index (χ4n) is 1.56. The van der Waals surface area contributed by atoms with Crippen LogP contribution >= 0.6 is 0 Å². The monoisotopic (exact) mass is 222 g/mol. The van der Waals surface area contributed by atoms with Gasteiger partial charge in [-0.25, -0.2) is 0 Å². The number of tetrazole rings is 1. The van der Waals surface area contributed by atoms with E-state index in [9.17, 15) is 0 Å². The fourth-order valence-corrected chi connectivity index (χ4v) is 1.56. The number of fused-ring (bicyclic) bond motifs is 1. The molecule has 0 aliphatic heterocycles. The van der Waals surface area contributed by atoms with Crippen molar-refractivity contribution >= 4 is 5.65 Å². The number of hydrogen-bond acceptors (Lipinski definition) is 6. The molecule has 7 heteroatoms. The van der Waals surface area contributed by atoms with Crippen LogP contribution in [0.25, 0.3) is 5.65 Å².